The number of ether oxygens (including phenoxy) is 2. The van der Waals surface area contributed by atoms with E-state index in [2.05, 4.69) is 45.7 Å². The van der Waals surface area contributed by atoms with Gasteiger partial charge in [-0.05, 0) is 47.5 Å². The normalized spacial score (nSPS) is 21.2. The fourth-order valence-electron chi connectivity index (χ4n) is 2.58. The Balaban J connectivity index is 1.97. The van der Waals surface area contributed by atoms with Gasteiger partial charge in [0.25, 0.3) is 0 Å². The first-order chi connectivity index (χ1) is 9.08. The van der Waals surface area contributed by atoms with Gasteiger partial charge in [-0.1, -0.05) is 0 Å². The highest BCUT2D eigenvalue weighted by molar-refractivity contribution is 9.10. The lowest BCUT2D eigenvalue weighted by Gasteiger charge is -2.30. The van der Waals surface area contributed by atoms with Crippen LogP contribution in [-0.2, 0) is 0 Å². The van der Waals surface area contributed by atoms with E-state index < -0.39 is 0 Å². The third-order valence-electron chi connectivity index (χ3n) is 3.42. The van der Waals surface area contributed by atoms with Crippen LogP contribution in [0.4, 0.5) is 0 Å². The molecule has 0 radical (unpaired) electrons. The largest absolute Gasteiger partial charge is 0.454 e. The summed E-state index contributed by atoms with van der Waals surface area (Å²) in [7, 11) is 0. The number of halogens is 1. The Morgan fingerprint density at radius 3 is 2.95 bits per heavy atom. The quantitative estimate of drug-likeness (QED) is 0.906. The van der Waals surface area contributed by atoms with E-state index in [9.17, 15) is 0 Å². The first-order valence-corrected chi connectivity index (χ1v) is 7.04. The highest BCUT2D eigenvalue weighted by atomic mass is 79.9. The standard InChI is InChI=1S/C13H16BrN3O2/c1-7(2)17-10(5-16-13(17)15)8-3-9(14)12-11(4-8)18-6-19-12/h3-4,7,10H,5-6H2,1-2H3,(H2,15,16). The van der Waals surface area contributed by atoms with Gasteiger partial charge in [0.05, 0.1) is 17.1 Å². The molecule has 2 aliphatic heterocycles. The summed E-state index contributed by atoms with van der Waals surface area (Å²) in [5.41, 5.74) is 7.10. The van der Waals surface area contributed by atoms with Crippen molar-refractivity contribution in [1.82, 2.24) is 4.90 Å². The maximum atomic E-state index is 5.97. The molecule has 2 aliphatic rings. The summed E-state index contributed by atoms with van der Waals surface area (Å²) in [5.74, 6) is 2.15. The van der Waals surface area contributed by atoms with E-state index in [1.165, 1.54) is 0 Å². The van der Waals surface area contributed by atoms with Gasteiger partial charge in [-0.2, -0.15) is 0 Å². The summed E-state index contributed by atoms with van der Waals surface area (Å²) in [6, 6.07) is 4.54. The minimum absolute atomic E-state index is 0.158. The molecule has 1 unspecified atom stereocenters. The lowest BCUT2D eigenvalue weighted by atomic mass is 10.0. The molecule has 0 saturated heterocycles. The Kier molecular flexibility index (Phi) is 3.05. The molecule has 0 bridgehead atoms. The molecule has 6 heteroatoms. The zero-order chi connectivity index (χ0) is 13.6. The lowest BCUT2D eigenvalue weighted by Crippen LogP contribution is -2.40. The molecule has 19 heavy (non-hydrogen) atoms. The molecule has 1 atom stereocenters. The number of rotatable bonds is 2. The molecule has 3 rings (SSSR count). The summed E-state index contributed by atoms with van der Waals surface area (Å²) >= 11 is 3.53. The minimum Gasteiger partial charge on any atom is -0.454 e. The first-order valence-electron chi connectivity index (χ1n) is 6.25. The van der Waals surface area contributed by atoms with Gasteiger partial charge in [0.15, 0.2) is 17.5 Å². The lowest BCUT2D eigenvalue weighted by molar-refractivity contribution is 0.173. The molecule has 1 aromatic rings. The van der Waals surface area contributed by atoms with Gasteiger partial charge >= 0.3 is 0 Å². The Morgan fingerprint density at radius 2 is 2.21 bits per heavy atom. The van der Waals surface area contributed by atoms with E-state index >= 15 is 0 Å². The number of guanidine groups is 1. The van der Waals surface area contributed by atoms with Crippen LogP contribution in [0.15, 0.2) is 21.6 Å². The van der Waals surface area contributed by atoms with Crippen molar-refractivity contribution in [3.8, 4) is 11.5 Å². The average molecular weight is 326 g/mol. The Hall–Kier alpha value is -1.43. The topological polar surface area (TPSA) is 60.1 Å². The number of benzene rings is 1. The van der Waals surface area contributed by atoms with E-state index in [4.69, 9.17) is 15.2 Å². The Morgan fingerprint density at radius 1 is 1.42 bits per heavy atom. The zero-order valence-corrected chi connectivity index (χ0v) is 12.5. The van der Waals surface area contributed by atoms with Gasteiger partial charge in [0.2, 0.25) is 6.79 Å². The molecular formula is C13H16BrN3O2. The van der Waals surface area contributed by atoms with Gasteiger partial charge in [-0.25, -0.2) is 0 Å². The van der Waals surface area contributed by atoms with E-state index in [-0.39, 0.29) is 12.8 Å². The van der Waals surface area contributed by atoms with Crippen LogP contribution in [0, 0.1) is 0 Å². The zero-order valence-electron chi connectivity index (χ0n) is 10.9. The first kappa shape index (κ1) is 12.6. The highest BCUT2D eigenvalue weighted by Crippen LogP contribution is 2.42. The van der Waals surface area contributed by atoms with Crippen molar-refractivity contribution in [2.75, 3.05) is 13.3 Å². The third kappa shape index (κ3) is 2.04. The third-order valence-corrected chi connectivity index (χ3v) is 4.01. The molecule has 0 amide bonds. The predicted molar refractivity (Wildman–Crippen MR) is 76.5 cm³/mol. The molecule has 2 heterocycles. The van der Waals surface area contributed by atoms with Crippen molar-refractivity contribution in [2.24, 2.45) is 10.7 Å². The maximum absolute atomic E-state index is 5.97. The van der Waals surface area contributed by atoms with Crippen LogP contribution in [-0.4, -0.2) is 30.2 Å². The van der Waals surface area contributed by atoms with Gasteiger partial charge in [-0.3, -0.25) is 4.99 Å². The molecular weight excluding hydrogens is 310 g/mol. The average Bonchev–Trinajstić information content (AvgIpc) is 2.94. The summed E-state index contributed by atoms with van der Waals surface area (Å²) in [6.45, 7) is 5.18. The molecule has 0 spiro atoms. The van der Waals surface area contributed by atoms with E-state index in [0.717, 1.165) is 21.5 Å². The second-order valence-electron chi connectivity index (χ2n) is 4.95. The van der Waals surface area contributed by atoms with Gasteiger partial charge in [-0.15, -0.1) is 0 Å². The Bertz CT molecular complexity index is 545. The van der Waals surface area contributed by atoms with Crippen LogP contribution in [0.3, 0.4) is 0 Å². The monoisotopic (exact) mass is 325 g/mol. The van der Waals surface area contributed by atoms with E-state index in [0.29, 0.717) is 18.5 Å². The van der Waals surface area contributed by atoms with Crippen molar-refractivity contribution >= 4 is 21.9 Å². The molecule has 0 aliphatic carbocycles. The minimum atomic E-state index is 0.158. The molecule has 1 aromatic carbocycles. The van der Waals surface area contributed by atoms with Crippen molar-refractivity contribution in [2.45, 2.75) is 25.9 Å². The highest BCUT2D eigenvalue weighted by Gasteiger charge is 2.31. The fraction of sp³-hybridized carbons (Fsp3) is 0.462. The van der Waals surface area contributed by atoms with Crippen LogP contribution >= 0.6 is 15.9 Å². The number of hydrogen-bond acceptors (Lipinski definition) is 5. The molecule has 102 valence electrons. The number of hydrogen-bond donors (Lipinski definition) is 1. The van der Waals surface area contributed by atoms with Crippen molar-refractivity contribution in [3.05, 3.63) is 22.2 Å². The second kappa shape index (κ2) is 4.59. The summed E-state index contributed by atoms with van der Waals surface area (Å²) in [5, 5.41) is 0. The second-order valence-corrected chi connectivity index (χ2v) is 5.81. The number of fused-ring (bicyclic) bond motifs is 1. The van der Waals surface area contributed by atoms with E-state index in [1.54, 1.807) is 0 Å². The van der Waals surface area contributed by atoms with Crippen molar-refractivity contribution < 1.29 is 9.47 Å². The molecule has 2 N–H and O–H groups in total. The maximum Gasteiger partial charge on any atom is 0.231 e. The van der Waals surface area contributed by atoms with Crippen molar-refractivity contribution in [1.29, 1.82) is 0 Å². The summed E-state index contributed by atoms with van der Waals surface area (Å²) in [4.78, 5) is 6.48. The summed E-state index contributed by atoms with van der Waals surface area (Å²) in [6.07, 6.45) is 0. The molecule has 0 fully saturated rings. The molecule has 0 saturated carbocycles. The molecule has 0 aromatic heterocycles. The van der Waals surface area contributed by atoms with E-state index in [1.807, 2.05) is 6.07 Å². The predicted octanol–water partition coefficient (Wildman–Crippen LogP) is 2.26. The van der Waals surface area contributed by atoms with Crippen LogP contribution in [0.2, 0.25) is 0 Å². The van der Waals surface area contributed by atoms with Crippen LogP contribution < -0.4 is 15.2 Å². The number of nitrogens with two attached hydrogens (primary N) is 1. The number of nitrogens with zero attached hydrogens (tertiary/aromatic N) is 2. The van der Waals surface area contributed by atoms with Gasteiger partial charge < -0.3 is 20.1 Å². The van der Waals surface area contributed by atoms with Crippen LogP contribution in [0.1, 0.15) is 25.5 Å². The summed E-state index contributed by atoms with van der Waals surface area (Å²) < 4.78 is 11.8. The molecule has 5 nitrogen and oxygen atoms in total. The smallest absolute Gasteiger partial charge is 0.231 e. The fourth-order valence-corrected chi connectivity index (χ4v) is 3.15. The van der Waals surface area contributed by atoms with Crippen molar-refractivity contribution in [3.63, 3.8) is 0 Å². The Labute approximate surface area is 120 Å². The SMILES string of the molecule is CC(C)N1C(N)=NCC1c1cc(Br)c2c(c1)OCO2. The van der Waals surface area contributed by atoms with Gasteiger partial charge in [0.1, 0.15) is 0 Å². The van der Waals surface area contributed by atoms with Gasteiger partial charge in [0, 0.05) is 6.04 Å². The van der Waals surface area contributed by atoms with Crippen LogP contribution in [0.5, 0.6) is 11.5 Å². The van der Waals surface area contributed by atoms with Crippen LogP contribution in [0.25, 0.3) is 0 Å². The number of aliphatic imine (C=N–C) groups is 1.